The van der Waals surface area contributed by atoms with E-state index in [0.717, 1.165) is 84.7 Å². The summed E-state index contributed by atoms with van der Waals surface area (Å²) in [6, 6.07) is 28.0. The second-order valence-corrected chi connectivity index (χ2v) is 10.5. The fraction of sp³-hybridized carbons (Fsp3) is 0.333. The Morgan fingerprint density at radius 1 is 0.474 bits per heavy atom. The zero-order chi connectivity index (χ0) is 26.7. The molecule has 198 valence electrons. The molecular weight excluding hydrogens is 470 g/mol. The van der Waals surface area contributed by atoms with Crippen LogP contribution in [-0.4, -0.2) is 0 Å². The topological polar surface area (TPSA) is 0 Å². The van der Waals surface area contributed by atoms with Crippen molar-refractivity contribution in [3.8, 4) is 22.3 Å². The lowest BCUT2D eigenvalue weighted by atomic mass is 9.98. The molecule has 0 atom stereocenters. The predicted octanol–water partition coefficient (Wildman–Crippen LogP) is 10.7. The van der Waals surface area contributed by atoms with Crippen molar-refractivity contribution in [2.45, 2.75) is 78.1 Å². The smallest absolute Gasteiger partial charge is 0.127 e. The number of halogens is 2. The van der Waals surface area contributed by atoms with Gasteiger partial charge in [-0.1, -0.05) is 111 Å². The van der Waals surface area contributed by atoms with Crippen LogP contribution in [0.2, 0.25) is 0 Å². The minimum atomic E-state index is -0.116. The SMILES string of the molecule is CCCCc1ccc(-c2ccc(CCCCCCCc3ccc(-c4ccc(C)cc4)cc3F)c(F)c2)cc1. The molecule has 0 aliphatic heterocycles. The minimum absolute atomic E-state index is 0.109. The maximum Gasteiger partial charge on any atom is 0.127 e. The van der Waals surface area contributed by atoms with Crippen molar-refractivity contribution in [1.29, 1.82) is 0 Å². The van der Waals surface area contributed by atoms with E-state index in [9.17, 15) is 8.78 Å². The summed E-state index contributed by atoms with van der Waals surface area (Å²) in [5.41, 5.74) is 8.10. The van der Waals surface area contributed by atoms with Gasteiger partial charge in [0.25, 0.3) is 0 Å². The second-order valence-electron chi connectivity index (χ2n) is 10.5. The highest BCUT2D eigenvalue weighted by Crippen LogP contribution is 2.25. The Kier molecular flexibility index (Phi) is 10.3. The van der Waals surface area contributed by atoms with E-state index in [-0.39, 0.29) is 11.6 Å². The third-order valence-electron chi connectivity index (χ3n) is 7.49. The molecule has 0 bridgehead atoms. The summed E-state index contributed by atoms with van der Waals surface area (Å²) >= 11 is 0. The Morgan fingerprint density at radius 3 is 1.39 bits per heavy atom. The van der Waals surface area contributed by atoms with Crippen molar-refractivity contribution < 1.29 is 8.78 Å². The zero-order valence-corrected chi connectivity index (χ0v) is 22.9. The van der Waals surface area contributed by atoms with Crippen molar-refractivity contribution in [3.63, 3.8) is 0 Å². The van der Waals surface area contributed by atoms with E-state index in [1.807, 2.05) is 36.4 Å². The fourth-order valence-corrected chi connectivity index (χ4v) is 5.01. The Bertz CT molecular complexity index is 1290. The summed E-state index contributed by atoms with van der Waals surface area (Å²) < 4.78 is 29.4. The predicted molar refractivity (Wildman–Crippen MR) is 158 cm³/mol. The van der Waals surface area contributed by atoms with Gasteiger partial charge in [-0.05, 0) is 96.5 Å². The first-order valence-electron chi connectivity index (χ1n) is 14.3. The van der Waals surface area contributed by atoms with Crippen LogP contribution < -0.4 is 0 Å². The van der Waals surface area contributed by atoms with Crippen molar-refractivity contribution in [1.82, 2.24) is 0 Å². The Hall–Kier alpha value is -3.26. The van der Waals surface area contributed by atoms with Gasteiger partial charge in [-0.15, -0.1) is 0 Å². The van der Waals surface area contributed by atoms with Gasteiger partial charge in [-0.25, -0.2) is 8.78 Å². The molecule has 0 saturated carbocycles. The van der Waals surface area contributed by atoms with Crippen molar-refractivity contribution >= 4 is 0 Å². The summed E-state index contributed by atoms with van der Waals surface area (Å²) in [6.45, 7) is 4.26. The molecule has 0 N–H and O–H groups in total. The largest absolute Gasteiger partial charge is 0.207 e. The summed E-state index contributed by atoms with van der Waals surface area (Å²) in [4.78, 5) is 0. The standard InChI is InChI=1S/C36H40F2/c1-3-4-10-28-15-19-30(20-16-28)34-24-22-32(36(38)26-34)12-9-7-5-6-8-11-31-21-23-33(25-35(31)37)29-17-13-27(2)14-18-29/h13-26H,3-12H2,1-2H3. The molecule has 0 radical (unpaired) electrons. The maximum absolute atomic E-state index is 14.8. The molecule has 0 unspecified atom stereocenters. The Morgan fingerprint density at radius 2 is 0.921 bits per heavy atom. The first-order valence-corrected chi connectivity index (χ1v) is 14.3. The normalized spacial score (nSPS) is 11.2. The highest BCUT2D eigenvalue weighted by molar-refractivity contribution is 5.65. The molecule has 2 heteroatoms. The van der Waals surface area contributed by atoms with E-state index in [4.69, 9.17) is 0 Å². The van der Waals surface area contributed by atoms with Gasteiger partial charge in [-0.3, -0.25) is 0 Å². The van der Waals surface area contributed by atoms with Gasteiger partial charge in [-0.2, -0.15) is 0 Å². The zero-order valence-electron chi connectivity index (χ0n) is 22.9. The van der Waals surface area contributed by atoms with E-state index in [2.05, 4.69) is 50.2 Å². The summed E-state index contributed by atoms with van der Waals surface area (Å²) in [5, 5.41) is 0. The van der Waals surface area contributed by atoms with Gasteiger partial charge in [0.15, 0.2) is 0 Å². The van der Waals surface area contributed by atoms with Gasteiger partial charge < -0.3 is 0 Å². The molecule has 4 aromatic rings. The lowest BCUT2D eigenvalue weighted by Gasteiger charge is -2.09. The lowest BCUT2D eigenvalue weighted by molar-refractivity contribution is 0.573. The first kappa shape index (κ1) is 27.8. The van der Waals surface area contributed by atoms with E-state index < -0.39 is 0 Å². The van der Waals surface area contributed by atoms with Gasteiger partial charge in [0.2, 0.25) is 0 Å². The lowest BCUT2D eigenvalue weighted by Crippen LogP contribution is -1.94. The van der Waals surface area contributed by atoms with Gasteiger partial charge in [0.05, 0.1) is 0 Å². The molecule has 4 rings (SSSR count). The number of rotatable bonds is 13. The van der Waals surface area contributed by atoms with E-state index in [0.29, 0.717) is 0 Å². The molecule has 0 heterocycles. The van der Waals surface area contributed by atoms with Crippen LogP contribution >= 0.6 is 0 Å². The highest BCUT2D eigenvalue weighted by Gasteiger charge is 2.07. The summed E-state index contributed by atoms with van der Waals surface area (Å²) in [6.07, 6.45) is 10.2. The first-order chi connectivity index (χ1) is 18.5. The average Bonchev–Trinajstić information content (AvgIpc) is 2.93. The molecule has 0 aliphatic rings. The molecule has 38 heavy (non-hydrogen) atoms. The molecule has 0 aromatic heterocycles. The van der Waals surface area contributed by atoms with Crippen molar-refractivity contribution in [2.24, 2.45) is 0 Å². The molecule has 0 nitrogen and oxygen atoms in total. The van der Waals surface area contributed by atoms with E-state index in [1.165, 1.54) is 24.0 Å². The van der Waals surface area contributed by atoms with E-state index in [1.54, 1.807) is 12.1 Å². The highest BCUT2D eigenvalue weighted by atomic mass is 19.1. The van der Waals surface area contributed by atoms with Crippen molar-refractivity contribution in [2.75, 3.05) is 0 Å². The maximum atomic E-state index is 14.8. The fourth-order valence-electron chi connectivity index (χ4n) is 5.01. The monoisotopic (exact) mass is 510 g/mol. The Labute approximate surface area is 227 Å². The van der Waals surface area contributed by atoms with Crippen LogP contribution in [0.5, 0.6) is 0 Å². The number of hydrogen-bond donors (Lipinski definition) is 0. The number of aryl methyl sites for hydroxylation is 4. The number of unbranched alkanes of at least 4 members (excludes halogenated alkanes) is 5. The van der Waals surface area contributed by atoms with E-state index >= 15 is 0 Å². The third-order valence-corrected chi connectivity index (χ3v) is 7.49. The van der Waals surface area contributed by atoms with Crippen LogP contribution in [0.1, 0.15) is 74.1 Å². The minimum Gasteiger partial charge on any atom is -0.207 e. The van der Waals surface area contributed by atoms with Crippen LogP contribution in [0.3, 0.4) is 0 Å². The van der Waals surface area contributed by atoms with Gasteiger partial charge in [0, 0.05) is 0 Å². The quantitative estimate of drug-likeness (QED) is 0.157. The number of hydrogen-bond acceptors (Lipinski definition) is 0. The second kappa shape index (κ2) is 14.0. The Balaban J connectivity index is 1.17. The summed E-state index contributed by atoms with van der Waals surface area (Å²) in [5.74, 6) is -0.225. The van der Waals surface area contributed by atoms with Crippen LogP contribution in [-0.2, 0) is 19.3 Å². The van der Waals surface area contributed by atoms with Crippen LogP contribution in [0, 0.1) is 18.6 Å². The van der Waals surface area contributed by atoms with Crippen molar-refractivity contribution in [3.05, 3.63) is 119 Å². The molecule has 4 aromatic carbocycles. The number of benzene rings is 4. The molecule has 0 amide bonds. The van der Waals surface area contributed by atoms with Crippen LogP contribution in [0.15, 0.2) is 84.9 Å². The molecular formula is C36H40F2. The molecule has 0 spiro atoms. The van der Waals surface area contributed by atoms with Gasteiger partial charge in [0.1, 0.15) is 11.6 Å². The van der Waals surface area contributed by atoms with Crippen LogP contribution in [0.25, 0.3) is 22.3 Å². The third kappa shape index (κ3) is 7.87. The average molecular weight is 511 g/mol. The molecule has 0 fully saturated rings. The van der Waals surface area contributed by atoms with Gasteiger partial charge >= 0.3 is 0 Å². The summed E-state index contributed by atoms with van der Waals surface area (Å²) in [7, 11) is 0. The van der Waals surface area contributed by atoms with Crippen LogP contribution in [0.4, 0.5) is 8.78 Å². The molecule has 0 saturated heterocycles. The molecule has 0 aliphatic carbocycles.